The predicted molar refractivity (Wildman–Crippen MR) is 90.4 cm³/mol. The molecule has 1 aliphatic carbocycles. The number of halogens is 2. The zero-order valence-electron chi connectivity index (χ0n) is 14.7. The summed E-state index contributed by atoms with van der Waals surface area (Å²) in [4.78, 5) is 50.7. The van der Waals surface area contributed by atoms with Crippen molar-refractivity contribution in [2.75, 3.05) is 11.9 Å². The van der Waals surface area contributed by atoms with Crippen molar-refractivity contribution in [2.24, 2.45) is 5.92 Å². The van der Waals surface area contributed by atoms with Gasteiger partial charge in [-0.2, -0.15) is 0 Å². The molecule has 1 heterocycles. The molecule has 0 radical (unpaired) electrons. The summed E-state index contributed by atoms with van der Waals surface area (Å²) in [6, 6.07) is 1.59. The molecule has 0 bridgehead atoms. The maximum atomic E-state index is 13.2. The van der Waals surface area contributed by atoms with Gasteiger partial charge in [-0.25, -0.2) is 18.5 Å². The summed E-state index contributed by atoms with van der Waals surface area (Å²) in [6.45, 7) is 1.24. The van der Waals surface area contributed by atoms with Crippen molar-refractivity contribution in [3.05, 3.63) is 29.8 Å². The Hall–Kier alpha value is -2.84. The van der Waals surface area contributed by atoms with Gasteiger partial charge in [0.1, 0.15) is 6.54 Å². The van der Waals surface area contributed by atoms with E-state index in [1.54, 1.807) is 0 Å². The van der Waals surface area contributed by atoms with Crippen molar-refractivity contribution in [3.8, 4) is 0 Å². The number of nitrogens with one attached hydrogen (secondary N) is 1. The molecule has 1 saturated heterocycles. The number of anilines is 1. The van der Waals surface area contributed by atoms with E-state index in [2.05, 4.69) is 5.32 Å². The lowest BCUT2D eigenvalue weighted by Crippen LogP contribution is -2.46. The molecule has 2 fully saturated rings. The third kappa shape index (κ3) is 3.67. The highest BCUT2D eigenvalue weighted by molar-refractivity contribution is 6.45. The highest BCUT2D eigenvalue weighted by Gasteiger charge is 2.49. The van der Waals surface area contributed by atoms with E-state index in [0.29, 0.717) is 11.3 Å². The normalized spacial score (nSPS) is 23.1. The SMILES string of the molecule is C[C@@H]1CCCC[C@H]1N1C(=O)C(=O)N(CC(=O)Nc2ccc(F)c(F)c2)C1=O. The number of urea groups is 1. The minimum atomic E-state index is -1.14. The van der Waals surface area contributed by atoms with Crippen molar-refractivity contribution in [1.29, 1.82) is 0 Å². The zero-order chi connectivity index (χ0) is 19.7. The van der Waals surface area contributed by atoms with Crippen LogP contribution in [0.25, 0.3) is 0 Å². The van der Waals surface area contributed by atoms with Crippen LogP contribution in [0.4, 0.5) is 19.3 Å². The van der Waals surface area contributed by atoms with Crippen LogP contribution in [0.5, 0.6) is 0 Å². The van der Waals surface area contributed by atoms with Crippen LogP contribution in [0, 0.1) is 17.6 Å². The van der Waals surface area contributed by atoms with Gasteiger partial charge in [0.15, 0.2) is 11.6 Å². The van der Waals surface area contributed by atoms with Gasteiger partial charge in [0, 0.05) is 17.8 Å². The van der Waals surface area contributed by atoms with E-state index in [1.165, 1.54) is 0 Å². The highest BCUT2D eigenvalue weighted by atomic mass is 19.2. The number of rotatable bonds is 4. The Bertz CT molecular complexity index is 814. The second kappa shape index (κ2) is 7.42. The maximum absolute atomic E-state index is 13.2. The van der Waals surface area contributed by atoms with Gasteiger partial charge in [0.05, 0.1) is 0 Å². The molecule has 2 atom stereocenters. The van der Waals surface area contributed by atoms with Gasteiger partial charge in [-0.15, -0.1) is 0 Å². The van der Waals surface area contributed by atoms with E-state index < -0.39 is 41.9 Å². The molecule has 9 heteroatoms. The Morgan fingerprint density at radius 3 is 2.48 bits per heavy atom. The Morgan fingerprint density at radius 2 is 1.81 bits per heavy atom. The molecule has 1 aromatic carbocycles. The molecule has 7 nitrogen and oxygen atoms in total. The quantitative estimate of drug-likeness (QED) is 0.642. The minimum Gasteiger partial charge on any atom is -0.324 e. The summed E-state index contributed by atoms with van der Waals surface area (Å²) in [5, 5.41) is 2.27. The van der Waals surface area contributed by atoms with Gasteiger partial charge in [-0.05, 0) is 30.9 Å². The van der Waals surface area contributed by atoms with Gasteiger partial charge in [0.2, 0.25) is 5.91 Å². The van der Waals surface area contributed by atoms with E-state index in [9.17, 15) is 28.0 Å². The monoisotopic (exact) mass is 379 g/mol. The molecule has 2 aliphatic rings. The Kier molecular flexibility index (Phi) is 5.20. The maximum Gasteiger partial charge on any atom is 0.334 e. The van der Waals surface area contributed by atoms with Crippen molar-refractivity contribution in [3.63, 3.8) is 0 Å². The molecule has 0 aromatic heterocycles. The average molecular weight is 379 g/mol. The molecule has 0 spiro atoms. The number of hydrogen-bond donors (Lipinski definition) is 1. The van der Waals surface area contributed by atoms with Gasteiger partial charge in [-0.1, -0.05) is 19.8 Å². The Morgan fingerprint density at radius 1 is 1.11 bits per heavy atom. The van der Waals surface area contributed by atoms with Gasteiger partial charge in [-0.3, -0.25) is 19.3 Å². The molecule has 27 heavy (non-hydrogen) atoms. The first kappa shape index (κ1) is 18.9. The summed E-state index contributed by atoms with van der Waals surface area (Å²) in [5.74, 6) is -4.92. The molecular weight excluding hydrogens is 360 g/mol. The molecule has 144 valence electrons. The van der Waals surface area contributed by atoms with E-state index in [0.717, 1.165) is 42.4 Å². The lowest BCUT2D eigenvalue weighted by Gasteiger charge is -2.34. The summed E-state index contributed by atoms with van der Waals surface area (Å²) >= 11 is 0. The third-order valence-electron chi connectivity index (χ3n) is 4.99. The lowest BCUT2D eigenvalue weighted by molar-refractivity contribution is -0.145. The van der Waals surface area contributed by atoms with Crippen LogP contribution >= 0.6 is 0 Å². The Balaban J connectivity index is 1.70. The van der Waals surface area contributed by atoms with Gasteiger partial charge >= 0.3 is 17.8 Å². The van der Waals surface area contributed by atoms with Gasteiger partial charge < -0.3 is 5.32 Å². The number of nitrogens with zero attached hydrogens (tertiary/aromatic N) is 2. The van der Waals surface area contributed by atoms with Crippen LogP contribution in [-0.4, -0.2) is 46.1 Å². The molecule has 1 aromatic rings. The number of carbonyl (C=O) groups excluding carboxylic acids is 4. The first-order chi connectivity index (χ1) is 12.8. The fraction of sp³-hybridized carbons (Fsp3) is 0.444. The topological polar surface area (TPSA) is 86.8 Å². The molecule has 1 N–H and O–H groups in total. The molecule has 1 saturated carbocycles. The van der Waals surface area contributed by atoms with Crippen molar-refractivity contribution in [1.82, 2.24) is 9.80 Å². The number of benzene rings is 1. The van der Waals surface area contributed by atoms with E-state index in [4.69, 9.17) is 0 Å². The molecular formula is C18H19F2N3O4. The standard InChI is InChI=1S/C18H19F2N3O4/c1-10-4-2-3-5-14(10)23-17(26)16(25)22(18(23)27)9-15(24)21-11-6-7-12(19)13(20)8-11/h6-8,10,14H,2-5,9H2,1H3,(H,21,24)/t10-,14-/m1/s1. The number of imide groups is 2. The van der Waals surface area contributed by atoms with Gasteiger partial charge in [0.25, 0.3) is 0 Å². The minimum absolute atomic E-state index is 0.0259. The van der Waals surface area contributed by atoms with Crippen LogP contribution in [-0.2, 0) is 14.4 Å². The predicted octanol–water partition coefficient (Wildman–Crippen LogP) is 2.27. The smallest absolute Gasteiger partial charge is 0.324 e. The lowest BCUT2D eigenvalue weighted by atomic mass is 9.85. The molecule has 1 aliphatic heterocycles. The fourth-order valence-electron chi connectivity index (χ4n) is 3.55. The molecule has 0 unspecified atom stereocenters. The summed E-state index contributed by atoms with van der Waals surface area (Å²) in [5.41, 5.74) is -0.0259. The van der Waals surface area contributed by atoms with E-state index in [1.807, 2.05) is 6.92 Å². The van der Waals surface area contributed by atoms with Crippen LogP contribution in [0.15, 0.2) is 18.2 Å². The largest absolute Gasteiger partial charge is 0.334 e. The van der Waals surface area contributed by atoms with E-state index >= 15 is 0 Å². The zero-order valence-corrected chi connectivity index (χ0v) is 14.7. The third-order valence-corrected chi connectivity index (χ3v) is 4.99. The second-order valence-corrected chi connectivity index (χ2v) is 6.86. The number of carbonyl (C=O) groups is 4. The first-order valence-corrected chi connectivity index (χ1v) is 8.73. The second-order valence-electron chi connectivity index (χ2n) is 6.86. The van der Waals surface area contributed by atoms with Crippen molar-refractivity contribution in [2.45, 2.75) is 38.6 Å². The fourth-order valence-corrected chi connectivity index (χ4v) is 3.55. The van der Waals surface area contributed by atoms with Crippen LogP contribution < -0.4 is 5.32 Å². The van der Waals surface area contributed by atoms with E-state index in [-0.39, 0.29) is 17.6 Å². The van der Waals surface area contributed by atoms with Crippen molar-refractivity contribution >= 4 is 29.4 Å². The summed E-state index contributed by atoms with van der Waals surface area (Å²) < 4.78 is 26.1. The van der Waals surface area contributed by atoms with Crippen LogP contribution in [0.2, 0.25) is 0 Å². The number of amides is 5. The first-order valence-electron chi connectivity index (χ1n) is 8.73. The molecule has 3 rings (SSSR count). The summed E-state index contributed by atoms with van der Waals surface area (Å²) in [6.07, 6.45) is 3.34. The highest BCUT2D eigenvalue weighted by Crippen LogP contribution is 2.31. The van der Waals surface area contributed by atoms with Crippen LogP contribution in [0.1, 0.15) is 32.6 Å². The van der Waals surface area contributed by atoms with Crippen LogP contribution in [0.3, 0.4) is 0 Å². The van der Waals surface area contributed by atoms with Crippen molar-refractivity contribution < 1.29 is 28.0 Å². The summed E-state index contributed by atoms with van der Waals surface area (Å²) in [7, 11) is 0. The number of hydrogen-bond acceptors (Lipinski definition) is 4. The molecule has 5 amide bonds. The average Bonchev–Trinajstić information content (AvgIpc) is 2.82. The Labute approximate surface area is 154 Å².